The van der Waals surface area contributed by atoms with Crippen LogP contribution in [-0.2, 0) is 14.8 Å². The standard InChI is InChI=1S/C26H31N7O4S/c1-3-22(25-28-13-4-14-32(25)27)26(34)29-24-17-23(30-33(24)19-5-7-20(37-2)8-6-19)18-11-15-31(16-12-18)38(35,36)21-9-10-21/h3-8,13-14,17-18,21H,1,9-12,15-16,27H2,2H3,(H,29,34)/b25-22-. The predicted octanol–water partition coefficient (Wildman–Crippen LogP) is 2.66. The molecule has 0 unspecified atom stereocenters. The van der Waals surface area contributed by atoms with E-state index in [2.05, 4.69) is 16.9 Å². The molecular weight excluding hydrogens is 506 g/mol. The van der Waals surface area contributed by atoms with Crippen molar-refractivity contribution in [1.82, 2.24) is 19.1 Å². The fraction of sp³-hybridized carbons (Fsp3) is 0.346. The molecule has 2 fully saturated rings. The first-order chi connectivity index (χ1) is 18.3. The van der Waals surface area contributed by atoms with Gasteiger partial charge in [0.05, 0.1) is 29.3 Å². The van der Waals surface area contributed by atoms with E-state index in [9.17, 15) is 13.2 Å². The van der Waals surface area contributed by atoms with Gasteiger partial charge in [-0.25, -0.2) is 28.2 Å². The van der Waals surface area contributed by atoms with Gasteiger partial charge in [0.15, 0.2) is 5.82 Å². The summed E-state index contributed by atoms with van der Waals surface area (Å²) in [7, 11) is -1.60. The Morgan fingerprint density at radius 1 is 1.18 bits per heavy atom. The van der Waals surface area contributed by atoms with E-state index in [4.69, 9.17) is 15.7 Å². The Kier molecular flexibility index (Phi) is 7.19. The number of methoxy groups -OCH3 is 1. The molecule has 1 aromatic carbocycles. The fourth-order valence-electron chi connectivity index (χ4n) is 4.65. The highest BCUT2D eigenvalue weighted by molar-refractivity contribution is 7.90. The molecule has 3 heterocycles. The van der Waals surface area contributed by atoms with Crippen molar-refractivity contribution in [2.45, 2.75) is 36.9 Å². The van der Waals surface area contributed by atoms with E-state index >= 15 is 0 Å². The highest BCUT2D eigenvalue weighted by atomic mass is 32.2. The zero-order valence-corrected chi connectivity index (χ0v) is 22.0. The maximum atomic E-state index is 13.3. The van der Waals surface area contributed by atoms with Crippen molar-refractivity contribution in [2.24, 2.45) is 10.8 Å². The van der Waals surface area contributed by atoms with Crippen LogP contribution in [0.5, 0.6) is 5.75 Å². The molecule has 3 N–H and O–H groups in total. The zero-order valence-electron chi connectivity index (χ0n) is 21.2. The summed E-state index contributed by atoms with van der Waals surface area (Å²) in [6.07, 6.45) is 9.03. The second kappa shape index (κ2) is 10.6. The van der Waals surface area contributed by atoms with Gasteiger partial charge in [0.25, 0.3) is 5.91 Å². The number of nitrogens with one attached hydrogen (secondary N) is 1. The van der Waals surface area contributed by atoms with E-state index in [1.807, 2.05) is 30.3 Å². The number of nitrogens with zero attached hydrogens (tertiary/aromatic N) is 5. The van der Waals surface area contributed by atoms with Crippen LogP contribution in [-0.4, -0.2) is 65.1 Å². The first-order valence-corrected chi connectivity index (χ1v) is 14.0. The van der Waals surface area contributed by atoms with Crippen molar-refractivity contribution in [3.63, 3.8) is 0 Å². The van der Waals surface area contributed by atoms with Gasteiger partial charge in [-0.15, -0.1) is 0 Å². The van der Waals surface area contributed by atoms with Crippen LogP contribution in [0.4, 0.5) is 5.82 Å². The number of anilines is 1. The van der Waals surface area contributed by atoms with Crippen LogP contribution in [0.2, 0.25) is 0 Å². The molecule has 2 aromatic rings. The Balaban J connectivity index is 1.43. The van der Waals surface area contributed by atoms with Gasteiger partial charge in [0.2, 0.25) is 10.0 Å². The minimum Gasteiger partial charge on any atom is -0.497 e. The lowest BCUT2D eigenvalue weighted by Gasteiger charge is -2.30. The minimum atomic E-state index is -3.20. The summed E-state index contributed by atoms with van der Waals surface area (Å²) in [5.41, 5.74) is 1.72. The van der Waals surface area contributed by atoms with Crippen molar-refractivity contribution in [1.29, 1.82) is 0 Å². The first-order valence-electron chi connectivity index (χ1n) is 12.5. The summed E-state index contributed by atoms with van der Waals surface area (Å²) in [5, 5.41) is 8.82. The zero-order chi connectivity index (χ0) is 26.9. The van der Waals surface area contributed by atoms with Gasteiger partial charge in [-0.3, -0.25) is 9.80 Å². The molecular formula is C26H31N7O4S. The maximum absolute atomic E-state index is 13.3. The molecule has 3 aliphatic rings. The van der Waals surface area contributed by atoms with Gasteiger partial charge in [-0.1, -0.05) is 12.7 Å². The first kappa shape index (κ1) is 25.9. The highest BCUT2D eigenvalue weighted by Gasteiger charge is 2.41. The van der Waals surface area contributed by atoms with E-state index in [0.717, 1.165) is 24.2 Å². The molecule has 2 aliphatic heterocycles. The summed E-state index contributed by atoms with van der Waals surface area (Å²) < 4.78 is 33.9. The number of aromatic nitrogens is 2. The van der Waals surface area contributed by atoms with Crippen LogP contribution in [0.15, 0.2) is 71.6 Å². The molecule has 0 atom stereocenters. The number of allylic oxidation sites excluding steroid dienone is 1. The average Bonchev–Trinajstić information content (AvgIpc) is 3.72. The average molecular weight is 538 g/mol. The Morgan fingerprint density at radius 2 is 1.89 bits per heavy atom. The van der Waals surface area contributed by atoms with E-state index in [1.54, 1.807) is 34.6 Å². The van der Waals surface area contributed by atoms with Crippen molar-refractivity contribution >= 4 is 28.0 Å². The van der Waals surface area contributed by atoms with E-state index < -0.39 is 15.9 Å². The number of ether oxygens (including phenoxy) is 1. The Bertz CT molecular complexity index is 1410. The molecule has 1 aromatic heterocycles. The Hall–Kier alpha value is -3.74. The second-order valence-corrected chi connectivity index (χ2v) is 11.6. The van der Waals surface area contributed by atoms with Gasteiger partial charge in [0.1, 0.15) is 11.6 Å². The van der Waals surface area contributed by atoms with Crippen LogP contribution in [0.1, 0.15) is 37.3 Å². The number of hydrogen-bond acceptors (Lipinski definition) is 8. The predicted molar refractivity (Wildman–Crippen MR) is 145 cm³/mol. The summed E-state index contributed by atoms with van der Waals surface area (Å²) in [6, 6.07) is 9.17. The number of nitrogens with two attached hydrogens (primary N) is 1. The molecule has 1 aliphatic carbocycles. The number of aliphatic imine (C=N–C) groups is 1. The Morgan fingerprint density at radius 3 is 2.50 bits per heavy atom. The number of benzene rings is 1. The van der Waals surface area contributed by atoms with Crippen molar-refractivity contribution < 1.29 is 17.9 Å². The second-order valence-electron chi connectivity index (χ2n) is 9.40. The summed E-state index contributed by atoms with van der Waals surface area (Å²) >= 11 is 0. The number of sulfonamides is 1. The summed E-state index contributed by atoms with van der Waals surface area (Å²) in [6.45, 7) is 4.69. The SMILES string of the molecule is C=C/C(C(=O)Nc1cc(C2CCN(S(=O)(=O)C3CC3)CC2)nn1-c1ccc(OC)cc1)=C1\N=CC=CN1N. The third kappa shape index (κ3) is 5.15. The van der Waals surface area contributed by atoms with E-state index in [1.165, 1.54) is 11.1 Å². The maximum Gasteiger partial charge on any atom is 0.260 e. The monoisotopic (exact) mass is 537 g/mol. The van der Waals surface area contributed by atoms with Crippen LogP contribution < -0.4 is 15.9 Å². The number of hydrazine groups is 1. The van der Waals surface area contributed by atoms with E-state index in [-0.39, 0.29) is 22.6 Å². The molecule has 1 amide bonds. The third-order valence-electron chi connectivity index (χ3n) is 6.93. The quantitative estimate of drug-likeness (QED) is 0.390. The molecule has 12 heteroatoms. The lowest BCUT2D eigenvalue weighted by atomic mass is 9.95. The number of hydrogen-bond donors (Lipinski definition) is 2. The number of rotatable bonds is 8. The molecule has 5 rings (SSSR count). The lowest BCUT2D eigenvalue weighted by molar-refractivity contribution is -0.112. The summed E-state index contributed by atoms with van der Waals surface area (Å²) in [4.78, 5) is 17.5. The largest absolute Gasteiger partial charge is 0.497 e. The van der Waals surface area contributed by atoms with Gasteiger partial charge in [-0.05, 0) is 56.0 Å². The van der Waals surface area contributed by atoms with Crippen LogP contribution in [0.3, 0.4) is 0 Å². The lowest BCUT2D eigenvalue weighted by Crippen LogP contribution is -2.39. The smallest absolute Gasteiger partial charge is 0.260 e. The Labute approximate surface area is 222 Å². The van der Waals surface area contributed by atoms with Crippen molar-refractivity contribution in [3.05, 3.63) is 72.4 Å². The van der Waals surface area contributed by atoms with Gasteiger partial charge >= 0.3 is 0 Å². The van der Waals surface area contributed by atoms with Crippen molar-refractivity contribution in [2.75, 3.05) is 25.5 Å². The third-order valence-corrected chi connectivity index (χ3v) is 9.33. The molecule has 38 heavy (non-hydrogen) atoms. The van der Waals surface area contributed by atoms with Crippen LogP contribution in [0, 0.1) is 0 Å². The molecule has 0 bridgehead atoms. The molecule has 0 radical (unpaired) electrons. The molecule has 0 spiro atoms. The number of carbonyl (C=O) groups excluding carboxylic acids is 1. The number of piperidine rings is 1. The van der Waals surface area contributed by atoms with Crippen molar-refractivity contribution in [3.8, 4) is 11.4 Å². The molecule has 200 valence electrons. The topological polar surface area (TPSA) is 135 Å². The van der Waals surface area contributed by atoms with Gasteiger partial charge in [-0.2, -0.15) is 5.10 Å². The number of amides is 1. The van der Waals surface area contributed by atoms with Crippen LogP contribution >= 0.6 is 0 Å². The minimum absolute atomic E-state index is 0.0562. The molecule has 1 saturated carbocycles. The highest BCUT2D eigenvalue weighted by Crippen LogP contribution is 2.36. The van der Waals surface area contributed by atoms with Gasteiger partial charge in [0, 0.05) is 37.5 Å². The van der Waals surface area contributed by atoms with Gasteiger partial charge < -0.3 is 10.1 Å². The fourth-order valence-corrected chi connectivity index (χ4v) is 6.52. The van der Waals surface area contributed by atoms with E-state index in [0.29, 0.717) is 37.5 Å². The van der Waals surface area contributed by atoms with Crippen LogP contribution in [0.25, 0.3) is 5.69 Å². The molecule has 11 nitrogen and oxygen atoms in total. The summed E-state index contributed by atoms with van der Waals surface area (Å²) in [5.74, 6) is 7.01. The molecule has 1 saturated heterocycles. The normalized spacial score (nSPS) is 19.9. The number of carbonyl (C=O) groups is 1.